The summed E-state index contributed by atoms with van der Waals surface area (Å²) in [5, 5.41) is 10.3. The molecule has 1 nitrogen and oxygen atoms in total. The Morgan fingerprint density at radius 2 is 2.23 bits per heavy atom. The Kier molecular flexibility index (Phi) is 3.54. The number of halogens is 2. The molecule has 70 valence electrons. The molecule has 0 radical (unpaired) electrons. The topological polar surface area (TPSA) is 20.2 Å². The van der Waals surface area contributed by atoms with E-state index in [4.69, 9.17) is 11.6 Å². The predicted molar refractivity (Wildman–Crippen MR) is 58.9 cm³/mol. The lowest BCUT2D eigenvalue weighted by atomic mass is 10.0. The summed E-state index contributed by atoms with van der Waals surface area (Å²) in [6, 6.07) is 5.30. The Morgan fingerprint density at radius 1 is 1.62 bits per heavy atom. The van der Waals surface area contributed by atoms with Gasteiger partial charge in [0.1, 0.15) is 6.10 Å². The standard InChI is InChI=1S/C10H10BrClO/c1-6(2)10(13)8-5-7(12)3-4-9(8)11/h3-5,10,13H,1H2,2H3. The maximum atomic E-state index is 9.71. The predicted octanol–water partition coefficient (Wildman–Crippen LogP) is 3.71. The molecule has 0 heterocycles. The summed E-state index contributed by atoms with van der Waals surface area (Å²) >= 11 is 9.14. The van der Waals surface area contributed by atoms with Crippen molar-refractivity contribution >= 4 is 27.5 Å². The zero-order valence-electron chi connectivity index (χ0n) is 7.22. The van der Waals surface area contributed by atoms with E-state index in [2.05, 4.69) is 22.5 Å². The highest BCUT2D eigenvalue weighted by Gasteiger charge is 2.11. The molecule has 0 saturated heterocycles. The number of rotatable bonds is 2. The summed E-state index contributed by atoms with van der Waals surface area (Å²) < 4.78 is 0.840. The van der Waals surface area contributed by atoms with Crippen molar-refractivity contribution in [3.8, 4) is 0 Å². The second-order valence-electron chi connectivity index (χ2n) is 2.91. The number of aliphatic hydroxyl groups excluding tert-OH is 1. The third kappa shape index (κ3) is 2.56. The lowest BCUT2D eigenvalue weighted by molar-refractivity contribution is 0.215. The maximum Gasteiger partial charge on any atom is 0.101 e. The average Bonchev–Trinajstić information content (AvgIpc) is 2.08. The first-order valence-electron chi connectivity index (χ1n) is 3.81. The van der Waals surface area contributed by atoms with Crippen LogP contribution in [0.25, 0.3) is 0 Å². The molecule has 0 aliphatic heterocycles. The van der Waals surface area contributed by atoms with E-state index in [1.807, 2.05) is 6.07 Å². The first kappa shape index (κ1) is 10.8. The highest BCUT2D eigenvalue weighted by Crippen LogP contribution is 2.29. The second kappa shape index (κ2) is 4.27. The van der Waals surface area contributed by atoms with Gasteiger partial charge in [-0.05, 0) is 30.7 Å². The highest BCUT2D eigenvalue weighted by molar-refractivity contribution is 9.10. The fourth-order valence-corrected chi connectivity index (χ4v) is 1.63. The van der Waals surface area contributed by atoms with E-state index in [0.29, 0.717) is 10.6 Å². The zero-order valence-corrected chi connectivity index (χ0v) is 9.56. The molecule has 0 spiro atoms. The van der Waals surface area contributed by atoms with Gasteiger partial charge in [-0.1, -0.05) is 34.1 Å². The molecule has 0 aliphatic carbocycles. The van der Waals surface area contributed by atoms with Crippen molar-refractivity contribution in [3.05, 3.63) is 45.4 Å². The summed E-state index contributed by atoms with van der Waals surface area (Å²) in [5.74, 6) is 0. The smallest absolute Gasteiger partial charge is 0.101 e. The van der Waals surface area contributed by atoms with Crippen LogP contribution < -0.4 is 0 Å². The number of hydrogen-bond donors (Lipinski definition) is 1. The van der Waals surface area contributed by atoms with E-state index in [0.717, 1.165) is 10.0 Å². The van der Waals surface area contributed by atoms with E-state index in [1.54, 1.807) is 19.1 Å². The first-order chi connectivity index (χ1) is 6.02. The van der Waals surface area contributed by atoms with Gasteiger partial charge in [-0.25, -0.2) is 0 Å². The molecule has 1 N–H and O–H groups in total. The number of benzene rings is 1. The molecule has 1 atom stereocenters. The van der Waals surface area contributed by atoms with E-state index < -0.39 is 6.10 Å². The Hall–Kier alpha value is -0.310. The fraction of sp³-hybridized carbons (Fsp3) is 0.200. The molecule has 1 aromatic rings. The monoisotopic (exact) mass is 260 g/mol. The van der Waals surface area contributed by atoms with Gasteiger partial charge in [0, 0.05) is 15.1 Å². The quantitative estimate of drug-likeness (QED) is 0.805. The number of aliphatic hydroxyl groups is 1. The van der Waals surface area contributed by atoms with E-state index in [1.165, 1.54) is 0 Å². The maximum absolute atomic E-state index is 9.71. The van der Waals surface area contributed by atoms with Crippen LogP contribution in [0.2, 0.25) is 5.02 Å². The molecule has 0 amide bonds. The Bertz CT molecular complexity index is 336. The van der Waals surface area contributed by atoms with Crippen molar-refractivity contribution in [1.82, 2.24) is 0 Å². The first-order valence-corrected chi connectivity index (χ1v) is 4.98. The van der Waals surface area contributed by atoms with Gasteiger partial charge in [0.05, 0.1) is 0 Å². The largest absolute Gasteiger partial charge is 0.384 e. The molecule has 0 saturated carbocycles. The van der Waals surface area contributed by atoms with E-state index in [-0.39, 0.29) is 0 Å². The van der Waals surface area contributed by atoms with Crippen molar-refractivity contribution in [2.24, 2.45) is 0 Å². The van der Waals surface area contributed by atoms with Crippen LogP contribution in [-0.4, -0.2) is 5.11 Å². The molecule has 1 rings (SSSR count). The van der Waals surface area contributed by atoms with E-state index in [9.17, 15) is 5.11 Å². The summed E-state index contributed by atoms with van der Waals surface area (Å²) in [4.78, 5) is 0. The van der Waals surface area contributed by atoms with Crippen LogP contribution in [0, 0.1) is 0 Å². The van der Waals surface area contributed by atoms with Crippen LogP contribution in [0.5, 0.6) is 0 Å². The SMILES string of the molecule is C=C(C)C(O)c1cc(Cl)ccc1Br. The lowest BCUT2D eigenvalue weighted by Crippen LogP contribution is -1.98. The summed E-state index contributed by atoms with van der Waals surface area (Å²) in [6.45, 7) is 5.46. The molecule has 1 unspecified atom stereocenters. The molecular formula is C10H10BrClO. The van der Waals surface area contributed by atoms with Crippen molar-refractivity contribution in [3.63, 3.8) is 0 Å². The summed E-state index contributed by atoms with van der Waals surface area (Å²) in [5.41, 5.74) is 1.45. The Labute approximate surface area is 91.2 Å². The third-order valence-corrected chi connectivity index (χ3v) is 2.68. The highest BCUT2D eigenvalue weighted by atomic mass is 79.9. The molecule has 0 aromatic heterocycles. The molecule has 3 heteroatoms. The van der Waals surface area contributed by atoms with Gasteiger partial charge in [0.15, 0.2) is 0 Å². The van der Waals surface area contributed by atoms with Gasteiger partial charge in [0.25, 0.3) is 0 Å². The average molecular weight is 262 g/mol. The summed E-state index contributed by atoms with van der Waals surface area (Å²) in [7, 11) is 0. The molecule has 0 bridgehead atoms. The van der Waals surface area contributed by atoms with Crippen molar-refractivity contribution in [2.75, 3.05) is 0 Å². The van der Waals surface area contributed by atoms with Crippen LogP contribution in [0.3, 0.4) is 0 Å². The Morgan fingerprint density at radius 3 is 2.77 bits per heavy atom. The van der Waals surface area contributed by atoms with Gasteiger partial charge in [-0.15, -0.1) is 0 Å². The second-order valence-corrected chi connectivity index (χ2v) is 4.21. The molecular weight excluding hydrogens is 251 g/mol. The number of hydrogen-bond acceptors (Lipinski definition) is 1. The zero-order chi connectivity index (χ0) is 10.0. The fourth-order valence-electron chi connectivity index (χ4n) is 0.990. The van der Waals surface area contributed by atoms with Gasteiger partial charge >= 0.3 is 0 Å². The summed E-state index contributed by atoms with van der Waals surface area (Å²) in [6.07, 6.45) is -0.659. The minimum atomic E-state index is -0.659. The molecule has 0 fully saturated rings. The lowest BCUT2D eigenvalue weighted by Gasteiger charge is -2.12. The Balaban J connectivity index is 3.12. The van der Waals surface area contributed by atoms with Crippen molar-refractivity contribution in [1.29, 1.82) is 0 Å². The van der Waals surface area contributed by atoms with Crippen LogP contribution in [0.1, 0.15) is 18.6 Å². The van der Waals surface area contributed by atoms with Crippen molar-refractivity contribution in [2.45, 2.75) is 13.0 Å². The normalized spacial score (nSPS) is 12.6. The third-order valence-electron chi connectivity index (χ3n) is 1.72. The van der Waals surface area contributed by atoms with Gasteiger partial charge in [0.2, 0.25) is 0 Å². The van der Waals surface area contributed by atoms with E-state index >= 15 is 0 Å². The minimum Gasteiger partial charge on any atom is -0.384 e. The van der Waals surface area contributed by atoms with Gasteiger partial charge in [-0.3, -0.25) is 0 Å². The van der Waals surface area contributed by atoms with Gasteiger partial charge < -0.3 is 5.11 Å². The minimum absolute atomic E-state index is 0.610. The van der Waals surface area contributed by atoms with Crippen LogP contribution >= 0.6 is 27.5 Å². The van der Waals surface area contributed by atoms with Crippen LogP contribution in [0.15, 0.2) is 34.8 Å². The van der Waals surface area contributed by atoms with Crippen LogP contribution in [0.4, 0.5) is 0 Å². The molecule has 0 aliphatic rings. The molecule has 1 aromatic carbocycles. The van der Waals surface area contributed by atoms with Crippen LogP contribution in [-0.2, 0) is 0 Å². The van der Waals surface area contributed by atoms with Gasteiger partial charge in [-0.2, -0.15) is 0 Å². The molecule has 13 heavy (non-hydrogen) atoms. The van der Waals surface area contributed by atoms with Crippen molar-refractivity contribution < 1.29 is 5.11 Å².